The Labute approximate surface area is 236 Å². The lowest BCUT2D eigenvalue weighted by molar-refractivity contribution is -0.163. The van der Waals surface area contributed by atoms with E-state index in [2.05, 4.69) is 32.8 Å². The number of hydrogen-bond donors (Lipinski definition) is 0. The van der Waals surface area contributed by atoms with E-state index in [-0.39, 0.29) is 66.5 Å². The standard InChI is InChI=1S/C27H41N3O7SSi/c1-10-12-35-26(33)22-23(16(3)21-20(25(32)30(21)22)17(4)37-39(7,8)9)38-18-14-19(24(31)28(5)6)29(15-18)27(34)36-13-11-2/h10-11,16-21H,1-2,12-15H2,3-9H3/t16-,17-,18+,19+,20-,21-/m1/s1. The van der Waals surface area contributed by atoms with Gasteiger partial charge in [0.25, 0.3) is 0 Å². The van der Waals surface area contributed by atoms with E-state index in [1.54, 1.807) is 19.0 Å². The summed E-state index contributed by atoms with van der Waals surface area (Å²) in [5, 5.41) is -0.197. The van der Waals surface area contributed by atoms with Gasteiger partial charge in [0.05, 0.1) is 18.1 Å². The van der Waals surface area contributed by atoms with Crippen LogP contribution in [0.25, 0.3) is 0 Å². The van der Waals surface area contributed by atoms with Gasteiger partial charge in [0, 0.05) is 36.7 Å². The molecule has 10 nitrogen and oxygen atoms in total. The van der Waals surface area contributed by atoms with Crippen LogP contribution in [-0.2, 0) is 28.3 Å². The van der Waals surface area contributed by atoms with Gasteiger partial charge in [-0.2, -0.15) is 0 Å². The van der Waals surface area contributed by atoms with E-state index in [9.17, 15) is 19.2 Å². The fourth-order valence-corrected chi connectivity index (χ4v) is 8.28. The predicted molar refractivity (Wildman–Crippen MR) is 152 cm³/mol. The van der Waals surface area contributed by atoms with Crippen LogP contribution < -0.4 is 0 Å². The lowest BCUT2D eigenvalue weighted by Crippen LogP contribution is -2.64. The molecule has 39 heavy (non-hydrogen) atoms. The molecule has 0 aromatic heterocycles. The van der Waals surface area contributed by atoms with Gasteiger partial charge in [0.15, 0.2) is 8.32 Å². The Bertz CT molecular complexity index is 1060. The van der Waals surface area contributed by atoms with Crippen molar-refractivity contribution in [2.24, 2.45) is 11.8 Å². The van der Waals surface area contributed by atoms with Crippen molar-refractivity contribution >= 4 is 44.0 Å². The first-order chi connectivity index (χ1) is 18.2. The first-order valence-electron chi connectivity index (χ1n) is 13.2. The van der Waals surface area contributed by atoms with Crippen molar-refractivity contribution < 1.29 is 33.1 Å². The zero-order valence-electron chi connectivity index (χ0n) is 24.0. The Morgan fingerprint density at radius 3 is 2.33 bits per heavy atom. The topological polar surface area (TPSA) is 106 Å². The van der Waals surface area contributed by atoms with Crippen LogP contribution in [0.1, 0.15) is 20.3 Å². The molecule has 3 amide bonds. The molecule has 3 aliphatic heterocycles. The van der Waals surface area contributed by atoms with Crippen molar-refractivity contribution in [3.8, 4) is 0 Å². The van der Waals surface area contributed by atoms with E-state index < -0.39 is 26.4 Å². The first-order valence-corrected chi connectivity index (χ1v) is 17.5. The number of ether oxygens (including phenoxy) is 2. The highest BCUT2D eigenvalue weighted by molar-refractivity contribution is 8.03. The Kier molecular flexibility index (Phi) is 9.76. The van der Waals surface area contributed by atoms with E-state index in [1.165, 1.54) is 33.7 Å². The van der Waals surface area contributed by atoms with Crippen LogP contribution in [-0.4, -0.2) is 104 Å². The van der Waals surface area contributed by atoms with E-state index in [0.717, 1.165) is 4.91 Å². The lowest BCUT2D eigenvalue weighted by atomic mass is 9.79. The molecular formula is C27H41N3O7SSi. The van der Waals surface area contributed by atoms with Crippen LogP contribution in [0.15, 0.2) is 35.9 Å². The minimum Gasteiger partial charge on any atom is -0.457 e. The summed E-state index contributed by atoms with van der Waals surface area (Å²) in [6, 6.07) is -0.924. The van der Waals surface area contributed by atoms with Crippen LogP contribution in [0.2, 0.25) is 19.6 Å². The fourth-order valence-electron chi connectivity index (χ4n) is 5.50. The van der Waals surface area contributed by atoms with Gasteiger partial charge in [-0.3, -0.25) is 14.5 Å². The van der Waals surface area contributed by atoms with Crippen LogP contribution in [0.5, 0.6) is 0 Å². The molecule has 0 aromatic carbocycles. The lowest BCUT2D eigenvalue weighted by Gasteiger charge is -2.48. The zero-order chi connectivity index (χ0) is 29.2. The quantitative estimate of drug-likeness (QED) is 0.159. The van der Waals surface area contributed by atoms with Gasteiger partial charge in [0.2, 0.25) is 11.8 Å². The number of likely N-dealkylation sites (N-methyl/N-ethyl adjacent to an activating group) is 1. The third-order valence-corrected chi connectivity index (χ3v) is 9.57. The van der Waals surface area contributed by atoms with Crippen LogP contribution in [0, 0.1) is 11.8 Å². The monoisotopic (exact) mass is 579 g/mol. The molecule has 0 N–H and O–H groups in total. The molecule has 6 atom stereocenters. The van der Waals surface area contributed by atoms with Crippen LogP contribution in [0.4, 0.5) is 4.79 Å². The molecule has 0 unspecified atom stereocenters. The summed E-state index contributed by atoms with van der Waals surface area (Å²) in [5.74, 6) is -1.46. The molecule has 216 valence electrons. The highest BCUT2D eigenvalue weighted by Gasteiger charge is 2.61. The fraction of sp³-hybridized carbons (Fsp3) is 0.630. The molecule has 2 saturated heterocycles. The maximum atomic E-state index is 13.4. The first kappa shape index (κ1) is 31.0. The Morgan fingerprint density at radius 2 is 1.77 bits per heavy atom. The van der Waals surface area contributed by atoms with Gasteiger partial charge in [-0.05, 0) is 33.0 Å². The summed E-state index contributed by atoms with van der Waals surface area (Å²) in [5.41, 5.74) is 0.240. The molecule has 2 fully saturated rings. The summed E-state index contributed by atoms with van der Waals surface area (Å²) in [6.07, 6.45) is 2.46. The minimum absolute atomic E-state index is 0.0195. The average Bonchev–Trinajstić information content (AvgIpc) is 3.37. The van der Waals surface area contributed by atoms with Crippen molar-refractivity contribution in [1.82, 2.24) is 14.7 Å². The number of fused-ring (bicyclic) bond motifs is 1. The zero-order valence-corrected chi connectivity index (χ0v) is 25.8. The normalized spacial score (nSPS) is 27.1. The van der Waals surface area contributed by atoms with Crippen LogP contribution in [0.3, 0.4) is 0 Å². The second kappa shape index (κ2) is 12.3. The van der Waals surface area contributed by atoms with Crippen molar-refractivity contribution in [3.63, 3.8) is 0 Å². The summed E-state index contributed by atoms with van der Waals surface area (Å²) in [4.78, 5) is 57.5. The van der Waals surface area contributed by atoms with Crippen molar-refractivity contribution in [2.75, 3.05) is 33.9 Å². The Balaban J connectivity index is 1.90. The van der Waals surface area contributed by atoms with Crippen LogP contribution >= 0.6 is 11.8 Å². The van der Waals surface area contributed by atoms with Gasteiger partial charge in [-0.15, -0.1) is 11.8 Å². The average molecular weight is 580 g/mol. The second-order valence-corrected chi connectivity index (χ2v) is 17.1. The SMILES string of the molecule is C=CCOC(=O)C1=C(S[C@H]2C[C@@H](C(=O)N(C)C)N(C(=O)OCC=C)C2)[C@H](C)[C@@H]2[C@@H]([C@@H](C)O[Si](C)(C)C)C(=O)N12. The van der Waals surface area contributed by atoms with Gasteiger partial charge in [0.1, 0.15) is 25.0 Å². The van der Waals surface area contributed by atoms with Crippen molar-refractivity contribution in [3.05, 3.63) is 35.9 Å². The maximum Gasteiger partial charge on any atom is 0.410 e. The molecule has 0 aliphatic carbocycles. The number of carbonyl (C=O) groups excluding carboxylic acids is 4. The van der Waals surface area contributed by atoms with E-state index in [1.807, 2.05) is 13.8 Å². The highest BCUT2D eigenvalue weighted by Crippen LogP contribution is 2.53. The number of likely N-dealkylation sites (tertiary alicyclic amines) is 1. The van der Waals surface area contributed by atoms with E-state index >= 15 is 0 Å². The molecule has 0 radical (unpaired) electrons. The molecule has 3 rings (SSSR count). The number of amides is 3. The molecule has 0 bridgehead atoms. The molecule has 0 saturated carbocycles. The minimum atomic E-state index is -1.90. The predicted octanol–water partition coefficient (Wildman–Crippen LogP) is 3.23. The number of hydrogen-bond acceptors (Lipinski definition) is 8. The number of rotatable bonds is 11. The molecule has 0 aromatic rings. The molecule has 3 heterocycles. The van der Waals surface area contributed by atoms with Gasteiger partial charge in [-0.1, -0.05) is 32.2 Å². The largest absolute Gasteiger partial charge is 0.457 e. The molecule has 3 aliphatic rings. The van der Waals surface area contributed by atoms with Gasteiger partial charge < -0.3 is 23.7 Å². The molecule has 12 heteroatoms. The van der Waals surface area contributed by atoms with E-state index in [4.69, 9.17) is 13.9 Å². The molecule has 0 spiro atoms. The number of esters is 1. The summed E-state index contributed by atoms with van der Waals surface area (Å²) in [6.45, 7) is 17.7. The summed E-state index contributed by atoms with van der Waals surface area (Å²) in [7, 11) is 1.39. The summed E-state index contributed by atoms with van der Waals surface area (Å²) >= 11 is 1.43. The Morgan fingerprint density at radius 1 is 1.15 bits per heavy atom. The number of carbonyl (C=O) groups is 4. The van der Waals surface area contributed by atoms with Gasteiger partial charge >= 0.3 is 12.1 Å². The smallest absolute Gasteiger partial charge is 0.410 e. The number of thioether (sulfide) groups is 1. The maximum absolute atomic E-state index is 13.4. The third-order valence-electron chi connectivity index (χ3n) is 7.00. The highest BCUT2D eigenvalue weighted by atomic mass is 32.2. The van der Waals surface area contributed by atoms with Crippen molar-refractivity contribution in [2.45, 2.75) is 63.3 Å². The number of nitrogens with zero attached hydrogens (tertiary/aromatic N) is 3. The Hall–Kier alpha value is -2.57. The van der Waals surface area contributed by atoms with E-state index in [0.29, 0.717) is 6.42 Å². The molecular weight excluding hydrogens is 538 g/mol. The van der Waals surface area contributed by atoms with Gasteiger partial charge in [-0.25, -0.2) is 9.59 Å². The third kappa shape index (κ3) is 6.44. The second-order valence-electron chi connectivity index (χ2n) is 11.3. The summed E-state index contributed by atoms with van der Waals surface area (Å²) < 4.78 is 16.9. The van der Waals surface area contributed by atoms with Crippen molar-refractivity contribution in [1.29, 1.82) is 0 Å². The number of β-lactam (4-membered cyclic amide) rings is 1.